The van der Waals surface area contributed by atoms with Gasteiger partial charge in [0.2, 0.25) is 0 Å². The number of anilines is 1. The summed E-state index contributed by atoms with van der Waals surface area (Å²) in [5.74, 6) is 0. The van der Waals surface area contributed by atoms with Gasteiger partial charge in [-0.3, -0.25) is 0 Å². The predicted molar refractivity (Wildman–Crippen MR) is 100.0 cm³/mol. The van der Waals surface area contributed by atoms with Gasteiger partial charge in [-0.1, -0.05) is 30.3 Å². The lowest BCUT2D eigenvalue weighted by Crippen LogP contribution is -2.25. The molecule has 0 bridgehead atoms. The molecule has 3 rings (SSSR count). The topological polar surface area (TPSA) is 67.2 Å². The molecule has 0 radical (unpaired) electrons. The first-order valence-corrected chi connectivity index (χ1v) is 9.59. The fourth-order valence-corrected chi connectivity index (χ4v) is 3.49. The average molecular weight is 410 g/mol. The van der Waals surface area contributed by atoms with Gasteiger partial charge in [0, 0.05) is 25.3 Å². The monoisotopic (exact) mass is 410 g/mol. The number of nitrogens with one attached hydrogen (secondary N) is 1. The Kier molecular flexibility index (Phi) is 5.07. The van der Waals surface area contributed by atoms with Crippen molar-refractivity contribution >= 4 is 15.7 Å². The van der Waals surface area contributed by atoms with E-state index < -0.39 is 21.9 Å². The zero-order valence-electron chi connectivity index (χ0n) is 15.0. The minimum atomic E-state index is -4.72. The number of hydrogen-bond donors (Lipinski definition) is 1. The highest BCUT2D eigenvalue weighted by Crippen LogP contribution is 2.32. The second-order valence-corrected chi connectivity index (χ2v) is 7.84. The Hall–Kier alpha value is -3.01. The van der Waals surface area contributed by atoms with Gasteiger partial charge in [0.15, 0.2) is 5.69 Å². The van der Waals surface area contributed by atoms with Gasteiger partial charge >= 0.3 is 6.18 Å². The zero-order valence-corrected chi connectivity index (χ0v) is 15.8. The molecule has 0 spiro atoms. The van der Waals surface area contributed by atoms with E-state index in [1.54, 1.807) is 49.3 Å². The summed E-state index contributed by atoms with van der Waals surface area (Å²) in [6, 6.07) is 14.8. The van der Waals surface area contributed by atoms with E-state index in [-0.39, 0.29) is 10.6 Å². The highest BCUT2D eigenvalue weighted by Gasteiger charge is 2.35. The number of rotatable bonds is 5. The molecule has 2 aromatic carbocycles. The largest absolute Gasteiger partial charge is 0.435 e. The first-order valence-electron chi connectivity index (χ1n) is 8.11. The smallest absolute Gasteiger partial charge is 0.378 e. The molecular weight excluding hydrogens is 393 g/mol. The summed E-state index contributed by atoms with van der Waals surface area (Å²) in [6.45, 7) is 0. The number of aromatic nitrogens is 2. The fourth-order valence-electron chi connectivity index (χ4n) is 2.50. The average Bonchev–Trinajstić information content (AvgIpc) is 3.06. The summed E-state index contributed by atoms with van der Waals surface area (Å²) < 4.78 is 64.7. The molecule has 148 valence electrons. The van der Waals surface area contributed by atoms with Gasteiger partial charge < -0.3 is 4.90 Å². The molecule has 0 saturated heterocycles. The van der Waals surface area contributed by atoms with E-state index in [9.17, 15) is 21.6 Å². The van der Waals surface area contributed by atoms with Crippen LogP contribution in [0.2, 0.25) is 0 Å². The summed E-state index contributed by atoms with van der Waals surface area (Å²) in [4.78, 5) is 4.44. The molecule has 3 aromatic rings. The molecule has 1 heterocycles. The van der Waals surface area contributed by atoms with Gasteiger partial charge in [-0.2, -0.15) is 31.2 Å². The third-order valence-electron chi connectivity index (χ3n) is 3.92. The van der Waals surface area contributed by atoms with Crippen LogP contribution in [0.25, 0.3) is 11.3 Å². The van der Waals surface area contributed by atoms with Crippen LogP contribution in [0.5, 0.6) is 0 Å². The van der Waals surface area contributed by atoms with Gasteiger partial charge in [-0.15, -0.1) is 5.10 Å². The molecule has 0 aliphatic carbocycles. The van der Waals surface area contributed by atoms with Crippen molar-refractivity contribution in [3.63, 3.8) is 0 Å². The van der Waals surface area contributed by atoms with Gasteiger partial charge in [0.25, 0.3) is 10.0 Å². The van der Waals surface area contributed by atoms with Gasteiger partial charge in [-0.05, 0) is 30.3 Å². The third kappa shape index (κ3) is 4.11. The quantitative estimate of drug-likeness (QED) is 0.698. The zero-order chi connectivity index (χ0) is 20.5. The molecule has 0 atom stereocenters. The highest BCUT2D eigenvalue weighted by atomic mass is 32.2. The van der Waals surface area contributed by atoms with Crippen LogP contribution in [-0.4, -0.2) is 32.4 Å². The van der Waals surface area contributed by atoms with Crippen molar-refractivity contribution in [2.24, 2.45) is 0 Å². The molecule has 1 N–H and O–H groups in total. The van der Waals surface area contributed by atoms with Crippen LogP contribution in [0, 0.1) is 0 Å². The van der Waals surface area contributed by atoms with Crippen molar-refractivity contribution in [1.29, 1.82) is 0 Å². The second kappa shape index (κ2) is 7.19. The van der Waals surface area contributed by atoms with E-state index in [2.05, 4.69) is 9.93 Å². The van der Waals surface area contributed by atoms with Crippen LogP contribution in [-0.2, 0) is 16.2 Å². The summed E-state index contributed by atoms with van der Waals surface area (Å²) in [6.07, 6.45) is -4.72. The van der Waals surface area contributed by atoms with Crippen molar-refractivity contribution < 1.29 is 21.6 Å². The molecule has 28 heavy (non-hydrogen) atoms. The minimum Gasteiger partial charge on any atom is -0.378 e. The summed E-state index contributed by atoms with van der Waals surface area (Å²) in [5.41, 5.74) is -0.112. The van der Waals surface area contributed by atoms with E-state index in [1.807, 2.05) is 0 Å². The molecule has 0 aliphatic heterocycles. The Morgan fingerprint density at radius 2 is 1.68 bits per heavy atom. The number of sulfonamides is 1. The maximum Gasteiger partial charge on any atom is 0.435 e. The molecule has 0 saturated carbocycles. The van der Waals surface area contributed by atoms with Crippen LogP contribution in [0.15, 0.2) is 65.6 Å². The lowest BCUT2D eigenvalue weighted by molar-refractivity contribution is -0.141. The fraction of sp³-hybridized carbons (Fsp3) is 0.167. The van der Waals surface area contributed by atoms with Gasteiger partial charge in [0.05, 0.1) is 10.6 Å². The molecule has 0 aliphatic rings. The Morgan fingerprint density at radius 3 is 2.29 bits per heavy atom. The van der Waals surface area contributed by atoms with E-state index in [0.717, 1.165) is 11.8 Å². The SMILES string of the molecule is CN(C)c1cccc(-c2cc(C(F)(F)F)nn2NS(=O)(=O)c2ccccc2)c1. The predicted octanol–water partition coefficient (Wildman–Crippen LogP) is 3.57. The Bertz CT molecular complexity index is 1080. The normalized spacial score (nSPS) is 12.0. The molecule has 0 amide bonds. The van der Waals surface area contributed by atoms with Gasteiger partial charge in [-0.25, -0.2) is 0 Å². The highest BCUT2D eigenvalue weighted by molar-refractivity contribution is 7.92. The maximum absolute atomic E-state index is 13.2. The first-order chi connectivity index (χ1) is 13.1. The Morgan fingerprint density at radius 1 is 1.00 bits per heavy atom. The minimum absolute atomic E-state index is 0.0319. The van der Waals surface area contributed by atoms with E-state index in [1.165, 1.54) is 24.3 Å². The van der Waals surface area contributed by atoms with E-state index in [0.29, 0.717) is 10.4 Å². The maximum atomic E-state index is 13.2. The Labute approximate surface area is 160 Å². The summed E-state index contributed by atoms with van der Waals surface area (Å²) >= 11 is 0. The number of alkyl halides is 3. The van der Waals surface area contributed by atoms with E-state index in [4.69, 9.17) is 0 Å². The lowest BCUT2D eigenvalue weighted by atomic mass is 10.1. The van der Waals surface area contributed by atoms with Gasteiger partial charge in [0.1, 0.15) is 0 Å². The molecule has 1 aromatic heterocycles. The Balaban J connectivity index is 2.10. The first kappa shape index (κ1) is 19.7. The number of benzene rings is 2. The molecule has 6 nitrogen and oxygen atoms in total. The summed E-state index contributed by atoms with van der Waals surface area (Å²) in [5, 5.41) is 3.43. The molecule has 10 heteroatoms. The third-order valence-corrected chi connectivity index (χ3v) is 5.22. The van der Waals surface area contributed by atoms with E-state index >= 15 is 0 Å². The number of hydrogen-bond acceptors (Lipinski definition) is 4. The lowest BCUT2D eigenvalue weighted by Gasteiger charge is -2.15. The molecule has 0 fully saturated rings. The van der Waals surface area contributed by atoms with Crippen LogP contribution >= 0.6 is 0 Å². The number of halogens is 3. The van der Waals surface area contributed by atoms with Crippen molar-refractivity contribution in [3.05, 3.63) is 66.4 Å². The van der Waals surface area contributed by atoms with Crippen molar-refractivity contribution in [1.82, 2.24) is 9.89 Å². The van der Waals surface area contributed by atoms with Crippen molar-refractivity contribution in [2.75, 3.05) is 23.8 Å². The van der Waals surface area contributed by atoms with Crippen LogP contribution in [0.1, 0.15) is 5.69 Å². The summed E-state index contributed by atoms with van der Waals surface area (Å²) in [7, 11) is -0.555. The molecule has 0 unspecified atom stereocenters. The van der Waals surface area contributed by atoms with Crippen molar-refractivity contribution in [3.8, 4) is 11.3 Å². The molecular formula is C18H17F3N4O2S. The van der Waals surface area contributed by atoms with Crippen LogP contribution in [0.4, 0.5) is 18.9 Å². The van der Waals surface area contributed by atoms with Crippen molar-refractivity contribution in [2.45, 2.75) is 11.1 Å². The standard InChI is InChI=1S/C18H17F3N4O2S/c1-24(2)14-8-6-7-13(11-14)16-12-17(18(19,20)21)22-25(16)23-28(26,27)15-9-4-3-5-10-15/h3-12,23H,1-2H3. The number of nitrogens with zero attached hydrogens (tertiary/aromatic N) is 3. The second-order valence-electron chi connectivity index (χ2n) is 6.18. The van der Waals surface area contributed by atoms with Crippen LogP contribution < -0.4 is 9.73 Å². The van der Waals surface area contributed by atoms with Crippen LogP contribution in [0.3, 0.4) is 0 Å².